The maximum absolute atomic E-state index is 12.3. The average molecular weight is 351 g/mol. The van der Waals surface area contributed by atoms with Crippen LogP contribution >= 0.6 is 0 Å². The Morgan fingerprint density at radius 3 is 2.65 bits per heavy atom. The van der Waals surface area contributed by atoms with Gasteiger partial charge in [0.1, 0.15) is 5.76 Å². The third kappa shape index (κ3) is 3.47. The van der Waals surface area contributed by atoms with Gasteiger partial charge in [-0.05, 0) is 29.8 Å². The molecule has 1 aliphatic heterocycles. The molecule has 0 fully saturated rings. The van der Waals surface area contributed by atoms with Crippen LogP contribution in [0.25, 0.3) is 6.08 Å². The predicted octanol–water partition coefficient (Wildman–Crippen LogP) is 3.72. The Balaban J connectivity index is 1.65. The number of nitrogens with zero attached hydrogens (tertiary/aromatic N) is 1. The predicted molar refractivity (Wildman–Crippen MR) is 99.7 cm³/mol. The van der Waals surface area contributed by atoms with E-state index >= 15 is 0 Å². The van der Waals surface area contributed by atoms with Crippen LogP contribution in [0.3, 0.4) is 0 Å². The summed E-state index contributed by atoms with van der Waals surface area (Å²) in [5.74, 6) is -0.301. The number of esters is 1. The molecular weight excluding hydrogens is 330 g/mol. The molecule has 0 N–H and O–H groups in total. The standard InChI is InChI=1S/C21H21NO4/c1-21(2)17-8-4-5-9-18(17)22(3)19(21)13-15(23)14-26-20(24)11-10-16-7-6-12-25-16/h4-13H,14H2,1-3H3/b11-10+,19-13+. The number of ether oxygens (including phenoxy) is 1. The molecule has 0 saturated carbocycles. The highest BCUT2D eigenvalue weighted by molar-refractivity contribution is 5.95. The number of likely N-dealkylation sites (N-methyl/N-ethyl adjacent to an activating group) is 1. The van der Waals surface area contributed by atoms with Gasteiger partial charge in [0, 0.05) is 36.0 Å². The zero-order chi connectivity index (χ0) is 18.7. The number of para-hydroxylation sites is 1. The molecule has 134 valence electrons. The SMILES string of the molecule is CN1/C(=C/C(=O)COC(=O)/C=C/c2ccco2)C(C)(C)c2ccccc21. The molecule has 0 aliphatic carbocycles. The van der Waals surface area contributed by atoms with Gasteiger partial charge >= 0.3 is 5.97 Å². The molecule has 0 spiro atoms. The van der Waals surface area contributed by atoms with Crippen LogP contribution in [0.1, 0.15) is 25.2 Å². The Bertz CT molecular complexity index is 875. The fraction of sp³-hybridized carbons (Fsp3) is 0.238. The lowest BCUT2D eigenvalue weighted by molar-refractivity contribution is -0.141. The van der Waals surface area contributed by atoms with Crippen molar-refractivity contribution < 1.29 is 18.7 Å². The van der Waals surface area contributed by atoms with Gasteiger partial charge < -0.3 is 14.1 Å². The first-order valence-electron chi connectivity index (χ1n) is 8.36. The monoisotopic (exact) mass is 351 g/mol. The molecule has 1 aromatic heterocycles. The summed E-state index contributed by atoms with van der Waals surface area (Å²) in [6.45, 7) is 3.85. The highest BCUT2D eigenvalue weighted by atomic mass is 16.5. The van der Waals surface area contributed by atoms with Gasteiger partial charge in [-0.25, -0.2) is 4.79 Å². The van der Waals surface area contributed by atoms with E-state index < -0.39 is 5.97 Å². The second-order valence-corrected chi connectivity index (χ2v) is 6.65. The topological polar surface area (TPSA) is 59.8 Å². The normalized spacial score (nSPS) is 16.9. The van der Waals surface area contributed by atoms with Crippen LogP contribution in [0.15, 0.2) is 64.9 Å². The summed E-state index contributed by atoms with van der Waals surface area (Å²) in [4.78, 5) is 26.0. The molecule has 0 atom stereocenters. The summed E-state index contributed by atoms with van der Waals surface area (Å²) in [5, 5.41) is 0. The molecule has 0 bridgehead atoms. The molecular formula is C21H21NO4. The van der Waals surface area contributed by atoms with E-state index in [0.29, 0.717) is 5.76 Å². The Kier molecular flexibility index (Phi) is 4.80. The fourth-order valence-corrected chi connectivity index (χ4v) is 3.18. The minimum atomic E-state index is -0.588. The number of allylic oxidation sites excluding steroid dienone is 1. The van der Waals surface area contributed by atoms with Crippen molar-refractivity contribution in [3.05, 3.63) is 71.8 Å². The van der Waals surface area contributed by atoms with Crippen molar-refractivity contribution in [1.82, 2.24) is 0 Å². The molecule has 0 amide bonds. The Morgan fingerprint density at radius 1 is 1.19 bits per heavy atom. The summed E-state index contributed by atoms with van der Waals surface area (Å²) in [7, 11) is 1.94. The second-order valence-electron chi connectivity index (χ2n) is 6.65. The number of hydrogen-bond acceptors (Lipinski definition) is 5. The maximum atomic E-state index is 12.3. The lowest BCUT2D eigenvalue weighted by Gasteiger charge is -2.23. The Morgan fingerprint density at radius 2 is 1.96 bits per heavy atom. The Labute approximate surface area is 152 Å². The quantitative estimate of drug-likeness (QED) is 0.607. The molecule has 2 heterocycles. The molecule has 26 heavy (non-hydrogen) atoms. The van der Waals surface area contributed by atoms with Gasteiger partial charge in [-0.3, -0.25) is 4.79 Å². The van der Waals surface area contributed by atoms with Crippen LogP contribution in [0.5, 0.6) is 0 Å². The van der Waals surface area contributed by atoms with Gasteiger partial charge in [-0.2, -0.15) is 0 Å². The molecule has 5 nitrogen and oxygen atoms in total. The summed E-state index contributed by atoms with van der Waals surface area (Å²) < 4.78 is 10.1. The highest BCUT2D eigenvalue weighted by Crippen LogP contribution is 2.46. The molecule has 0 saturated heterocycles. The lowest BCUT2D eigenvalue weighted by atomic mass is 9.83. The van der Waals surface area contributed by atoms with E-state index in [1.165, 1.54) is 24.0 Å². The van der Waals surface area contributed by atoms with Gasteiger partial charge in [0.25, 0.3) is 0 Å². The summed E-state index contributed by atoms with van der Waals surface area (Å²) in [6.07, 6.45) is 5.80. The molecule has 2 aromatic rings. The third-order valence-corrected chi connectivity index (χ3v) is 4.52. The van der Waals surface area contributed by atoms with Crippen molar-refractivity contribution in [3.8, 4) is 0 Å². The first-order valence-corrected chi connectivity index (χ1v) is 8.36. The summed E-state index contributed by atoms with van der Waals surface area (Å²) >= 11 is 0. The van der Waals surface area contributed by atoms with Crippen molar-refractivity contribution in [1.29, 1.82) is 0 Å². The van der Waals surface area contributed by atoms with Crippen molar-refractivity contribution in [2.75, 3.05) is 18.6 Å². The van der Waals surface area contributed by atoms with Gasteiger partial charge in [0.2, 0.25) is 0 Å². The average Bonchev–Trinajstić information content (AvgIpc) is 3.21. The number of fused-ring (bicyclic) bond motifs is 1. The van der Waals surface area contributed by atoms with Gasteiger partial charge in [-0.1, -0.05) is 32.0 Å². The van der Waals surface area contributed by atoms with E-state index in [2.05, 4.69) is 19.9 Å². The third-order valence-electron chi connectivity index (χ3n) is 4.52. The van der Waals surface area contributed by atoms with Crippen LogP contribution < -0.4 is 4.90 Å². The molecule has 0 radical (unpaired) electrons. The second kappa shape index (κ2) is 7.04. The number of rotatable bonds is 5. The summed E-state index contributed by atoms with van der Waals surface area (Å²) in [5.41, 5.74) is 2.84. The molecule has 3 rings (SSSR count). The minimum absolute atomic E-state index is 0.257. The lowest BCUT2D eigenvalue weighted by Crippen LogP contribution is -2.25. The fourth-order valence-electron chi connectivity index (χ4n) is 3.18. The van der Waals surface area contributed by atoms with Crippen LogP contribution in [0.4, 0.5) is 5.69 Å². The van der Waals surface area contributed by atoms with E-state index in [-0.39, 0.29) is 17.8 Å². The van der Waals surface area contributed by atoms with Gasteiger partial charge in [0.15, 0.2) is 12.4 Å². The number of ketones is 1. The van der Waals surface area contributed by atoms with Crippen molar-refractivity contribution in [3.63, 3.8) is 0 Å². The molecule has 1 aliphatic rings. The molecule has 5 heteroatoms. The van der Waals surface area contributed by atoms with Crippen LogP contribution in [0.2, 0.25) is 0 Å². The van der Waals surface area contributed by atoms with E-state index in [0.717, 1.165) is 11.4 Å². The maximum Gasteiger partial charge on any atom is 0.331 e. The van der Waals surface area contributed by atoms with E-state index in [1.54, 1.807) is 18.2 Å². The number of hydrogen-bond donors (Lipinski definition) is 0. The van der Waals surface area contributed by atoms with Crippen molar-refractivity contribution >= 4 is 23.5 Å². The number of benzene rings is 1. The van der Waals surface area contributed by atoms with Crippen LogP contribution in [-0.4, -0.2) is 25.4 Å². The number of furan rings is 1. The zero-order valence-electron chi connectivity index (χ0n) is 15.1. The highest BCUT2D eigenvalue weighted by Gasteiger charge is 2.38. The van der Waals surface area contributed by atoms with Crippen molar-refractivity contribution in [2.24, 2.45) is 0 Å². The van der Waals surface area contributed by atoms with E-state index in [9.17, 15) is 9.59 Å². The first-order chi connectivity index (χ1) is 12.4. The number of carbonyl (C=O) groups excluding carboxylic acids is 2. The first kappa shape index (κ1) is 17.7. The van der Waals surface area contributed by atoms with Gasteiger partial charge in [-0.15, -0.1) is 0 Å². The number of anilines is 1. The number of carbonyl (C=O) groups is 2. The molecule has 0 unspecified atom stereocenters. The van der Waals surface area contributed by atoms with E-state index in [1.807, 2.05) is 30.1 Å². The van der Waals surface area contributed by atoms with Crippen LogP contribution in [0, 0.1) is 0 Å². The van der Waals surface area contributed by atoms with Crippen molar-refractivity contribution in [2.45, 2.75) is 19.3 Å². The molecule has 1 aromatic carbocycles. The van der Waals surface area contributed by atoms with Gasteiger partial charge in [0.05, 0.1) is 6.26 Å². The Hall–Kier alpha value is -3.08. The van der Waals surface area contributed by atoms with Crippen LogP contribution in [-0.2, 0) is 19.7 Å². The zero-order valence-corrected chi connectivity index (χ0v) is 15.1. The van der Waals surface area contributed by atoms with E-state index in [4.69, 9.17) is 9.15 Å². The smallest absolute Gasteiger partial charge is 0.331 e. The largest absolute Gasteiger partial charge is 0.465 e. The summed E-state index contributed by atoms with van der Waals surface area (Å²) in [6, 6.07) is 11.5. The minimum Gasteiger partial charge on any atom is -0.465 e.